The minimum absolute atomic E-state index is 0.108. The Bertz CT molecular complexity index is 1530. The van der Waals surface area contributed by atoms with E-state index in [9.17, 15) is 5.11 Å². The zero-order valence-corrected chi connectivity index (χ0v) is 18.3. The second-order valence-electron chi connectivity index (χ2n) is 7.77. The smallest absolute Gasteiger partial charge is 0.228 e. The van der Waals surface area contributed by atoms with E-state index in [4.69, 9.17) is 19.2 Å². The van der Waals surface area contributed by atoms with Gasteiger partial charge in [0.15, 0.2) is 23.0 Å². The van der Waals surface area contributed by atoms with Crippen molar-refractivity contribution in [2.24, 2.45) is 0 Å². The minimum Gasteiger partial charge on any atom is -0.508 e. The van der Waals surface area contributed by atoms with Crippen molar-refractivity contribution >= 4 is 5.65 Å². The molecule has 1 atom stereocenters. The summed E-state index contributed by atoms with van der Waals surface area (Å²) >= 11 is 0. The lowest BCUT2D eigenvalue weighted by atomic mass is 9.83. The number of methoxy groups -OCH3 is 2. The summed E-state index contributed by atoms with van der Waals surface area (Å²) in [7, 11) is 3.20. The van der Waals surface area contributed by atoms with Gasteiger partial charge in [-0.1, -0.05) is 12.1 Å². The zero-order chi connectivity index (χ0) is 23.2. The molecular formula is C25H19N5O4. The Hall–Kier alpha value is -4.66. The third kappa shape index (κ3) is 3.09. The van der Waals surface area contributed by atoms with Crippen LogP contribution in [0.15, 0.2) is 67.3 Å². The first kappa shape index (κ1) is 20.0. The van der Waals surface area contributed by atoms with Crippen LogP contribution in [0.5, 0.6) is 28.9 Å². The number of fused-ring (bicyclic) bond motifs is 4. The molecule has 0 unspecified atom stereocenters. The molecule has 4 heterocycles. The van der Waals surface area contributed by atoms with Gasteiger partial charge in [-0.3, -0.25) is 4.98 Å². The molecule has 1 aliphatic heterocycles. The van der Waals surface area contributed by atoms with E-state index in [0.29, 0.717) is 34.6 Å². The quantitative estimate of drug-likeness (QED) is 0.424. The van der Waals surface area contributed by atoms with Crippen LogP contribution in [0.4, 0.5) is 0 Å². The molecule has 0 spiro atoms. The lowest BCUT2D eigenvalue weighted by Gasteiger charge is -2.28. The average molecular weight is 453 g/mol. The highest BCUT2D eigenvalue weighted by Crippen LogP contribution is 2.49. The maximum absolute atomic E-state index is 10.1. The summed E-state index contributed by atoms with van der Waals surface area (Å²) in [6.45, 7) is 0. The summed E-state index contributed by atoms with van der Waals surface area (Å²) in [5.74, 6) is 2.52. The number of benzene rings is 2. The predicted molar refractivity (Wildman–Crippen MR) is 123 cm³/mol. The van der Waals surface area contributed by atoms with Crippen LogP contribution in [0.2, 0.25) is 0 Å². The van der Waals surface area contributed by atoms with Crippen LogP contribution in [-0.4, -0.2) is 43.9 Å². The normalized spacial score (nSPS) is 14.2. The molecule has 0 aliphatic carbocycles. The van der Waals surface area contributed by atoms with Crippen LogP contribution in [0.3, 0.4) is 0 Å². The van der Waals surface area contributed by atoms with Gasteiger partial charge in [0, 0.05) is 35.5 Å². The van der Waals surface area contributed by atoms with E-state index in [1.54, 1.807) is 49.6 Å². The molecule has 0 fully saturated rings. The fraction of sp³-hybridized carbons (Fsp3) is 0.120. The molecule has 2 aromatic carbocycles. The van der Waals surface area contributed by atoms with Crippen LogP contribution in [0.25, 0.3) is 17.0 Å². The first-order chi connectivity index (χ1) is 16.7. The average Bonchev–Trinajstić information content (AvgIpc) is 3.32. The first-order valence-corrected chi connectivity index (χ1v) is 10.5. The van der Waals surface area contributed by atoms with Crippen molar-refractivity contribution in [1.29, 1.82) is 0 Å². The molecule has 6 rings (SSSR count). The van der Waals surface area contributed by atoms with Gasteiger partial charge in [0.25, 0.3) is 0 Å². The van der Waals surface area contributed by atoms with Crippen molar-refractivity contribution in [1.82, 2.24) is 24.6 Å². The number of nitrogens with zero attached hydrogens (tertiary/aromatic N) is 5. The number of ether oxygens (including phenoxy) is 3. The van der Waals surface area contributed by atoms with Crippen molar-refractivity contribution in [2.45, 2.75) is 5.92 Å². The van der Waals surface area contributed by atoms with E-state index in [0.717, 1.165) is 22.3 Å². The Morgan fingerprint density at radius 1 is 0.971 bits per heavy atom. The van der Waals surface area contributed by atoms with Crippen molar-refractivity contribution < 1.29 is 19.3 Å². The molecule has 0 radical (unpaired) electrons. The summed E-state index contributed by atoms with van der Waals surface area (Å²) in [6, 6.07) is 14.6. The molecule has 1 aliphatic rings. The number of pyridine rings is 1. The first-order valence-electron chi connectivity index (χ1n) is 10.5. The second-order valence-corrected chi connectivity index (χ2v) is 7.77. The monoisotopic (exact) mass is 453 g/mol. The molecule has 5 aromatic rings. The number of aromatic hydroxyl groups is 1. The van der Waals surface area contributed by atoms with E-state index < -0.39 is 0 Å². The van der Waals surface area contributed by atoms with Crippen molar-refractivity contribution in [3.8, 4) is 40.3 Å². The van der Waals surface area contributed by atoms with Gasteiger partial charge in [0.1, 0.15) is 17.8 Å². The Balaban J connectivity index is 1.61. The summed E-state index contributed by atoms with van der Waals surface area (Å²) in [5.41, 5.74) is 4.02. The fourth-order valence-corrected chi connectivity index (χ4v) is 4.31. The lowest BCUT2D eigenvalue weighted by Crippen LogP contribution is -2.15. The third-order valence-electron chi connectivity index (χ3n) is 5.87. The van der Waals surface area contributed by atoms with Gasteiger partial charge in [0.2, 0.25) is 5.88 Å². The van der Waals surface area contributed by atoms with Gasteiger partial charge in [-0.2, -0.15) is 0 Å². The van der Waals surface area contributed by atoms with Crippen LogP contribution in [-0.2, 0) is 0 Å². The van der Waals surface area contributed by atoms with Gasteiger partial charge < -0.3 is 19.3 Å². The highest BCUT2D eigenvalue weighted by Gasteiger charge is 2.34. The van der Waals surface area contributed by atoms with E-state index in [1.807, 2.05) is 36.4 Å². The number of rotatable bonds is 4. The van der Waals surface area contributed by atoms with Gasteiger partial charge >= 0.3 is 0 Å². The van der Waals surface area contributed by atoms with Gasteiger partial charge in [0.05, 0.1) is 19.8 Å². The predicted octanol–water partition coefficient (Wildman–Crippen LogP) is 4.20. The molecule has 0 saturated heterocycles. The molecule has 3 aromatic heterocycles. The Labute approximate surface area is 194 Å². The van der Waals surface area contributed by atoms with Gasteiger partial charge in [-0.15, -0.1) is 5.10 Å². The second kappa shape index (κ2) is 7.73. The van der Waals surface area contributed by atoms with E-state index >= 15 is 0 Å². The molecule has 34 heavy (non-hydrogen) atoms. The highest BCUT2D eigenvalue weighted by molar-refractivity contribution is 5.69. The zero-order valence-electron chi connectivity index (χ0n) is 18.3. The fourth-order valence-electron chi connectivity index (χ4n) is 4.31. The maximum Gasteiger partial charge on any atom is 0.228 e. The third-order valence-corrected chi connectivity index (χ3v) is 5.87. The van der Waals surface area contributed by atoms with Crippen LogP contribution >= 0.6 is 0 Å². The number of hydrogen-bond donors (Lipinski definition) is 1. The molecule has 1 N–H and O–H groups in total. The van der Waals surface area contributed by atoms with E-state index in [1.165, 1.54) is 0 Å². The number of phenols is 1. The van der Waals surface area contributed by atoms with Crippen molar-refractivity contribution in [3.63, 3.8) is 0 Å². The Morgan fingerprint density at radius 2 is 1.79 bits per heavy atom. The number of aromatic nitrogens is 5. The molecule has 0 amide bonds. The molecule has 0 bridgehead atoms. The van der Waals surface area contributed by atoms with E-state index in [2.05, 4.69) is 15.1 Å². The molecular weight excluding hydrogens is 434 g/mol. The highest BCUT2D eigenvalue weighted by atomic mass is 16.5. The van der Waals surface area contributed by atoms with Gasteiger partial charge in [-0.25, -0.2) is 14.5 Å². The molecule has 9 nitrogen and oxygen atoms in total. The summed E-state index contributed by atoms with van der Waals surface area (Å²) in [5, 5.41) is 14.7. The van der Waals surface area contributed by atoms with Crippen molar-refractivity contribution in [3.05, 3.63) is 83.9 Å². The SMILES string of the molecule is COc1ccc([C@@H]2c3ccc(O)cc3Oc3ncn4nc(-c5ccncc5)nc4c32)cc1OC. The topological polar surface area (TPSA) is 104 Å². The van der Waals surface area contributed by atoms with E-state index in [-0.39, 0.29) is 11.7 Å². The maximum atomic E-state index is 10.1. The van der Waals surface area contributed by atoms with Crippen molar-refractivity contribution in [2.75, 3.05) is 14.2 Å². The Kier molecular flexibility index (Phi) is 4.54. The standard InChI is InChI=1S/C25H19N5O4/c1-32-18-6-3-15(11-20(18)33-2)21-17-5-4-16(31)12-19(17)34-25-22(21)24-28-23(29-30(24)13-27-25)14-7-9-26-10-8-14/h3-13,21,31H,1-2H3/t21-/m1/s1. The lowest BCUT2D eigenvalue weighted by molar-refractivity contribution is 0.354. The molecule has 9 heteroatoms. The Morgan fingerprint density at radius 3 is 2.59 bits per heavy atom. The van der Waals surface area contributed by atoms with Crippen LogP contribution in [0, 0.1) is 0 Å². The molecule has 0 saturated carbocycles. The minimum atomic E-state index is -0.301. The number of hydrogen-bond acceptors (Lipinski definition) is 8. The number of phenolic OH excluding ortho intramolecular Hbond substituents is 1. The largest absolute Gasteiger partial charge is 0.508 e. The summed E-state index contributed by atoms with van der Waals surface area (Å²) < 4.78 is 18.8. The van der Waals surface area contributed by atoms with Gasteiger partial charge in [-0.05, 0) is 35.9 Å². The summed E-state index contributed by atoms with van der Waals surface area (Å²) in [6.07, 6.45) is 4.98. The van der Waals surface area contributed by atoms with Crippen LogP contribution in [0.1, 0.15) is 22.6 Å². The van der Waals surface area contributed by atoms with Crippen LogP contribution < -0.4 is 14.2 Å². The summed E-state index contributed by atoms with van der Waals surface area (Å²) in [4.78, 5) is 13.4. The molecule has 168 valence electrons.